The molecule has 0 bridgehead atoms. The summed E-state index contributed by atoms with van der Waals surface area (Å²) < 4.78 is 0. The van der Waals surface area contributed by atoms with Crippen molar-refractivity contribution in [3.8, 4) is 0 Å². The van der Waals surface area contributed by atoms with Gasteiger partial charge in [-0.1, -0.05) is 128 Å². The number of carbonyl (C=O) groups is 2. The Labute approximate surface area is 375 Å². The Balaban J connectivity index is 0.000000381. The number of para-hydroxylation sites is 4. The Kier molecular flexibility index (Phi) is 21.4. The molecule has 0 radical (unpaired) electrons. The van der Waals surface area contributed by atoms with E-state index in [1.165, 1.54) is 10.9 Å². The molecule has 0 aliphatic rings. The molecule has 0 saturated heterocycles. The number of halogens is 2. The van der Waals surface area contributed by atoms with Gasteiger partial charge in [-0.05, 0) is 124 Å². The zero-order valence-corrected chi connectivity index (χ0v) is 42.1. The van der Waals surface area contributed by atoms with Crippen molar-refractivity contribution in [1.82, 2.24) is 0 Å². The quantitative estimate of drug-likeness (QED) is 0.105. The Morgan fingerprint density at radius 2 is 0.576 bits per heavy atom. The van der Waals surface area contributed by atoms with Gasteiger partial charge in [-0.15, -0.1) is 0 Å². The third-order valence-electron chi connectivity index (χ3n) is 10.00. The van der Waals surface area contributed by atoms with Gasteiger partial charge in [0.2, 0.25) is 11.6 Å². The van der Waals surface area contributed by atoms with Crippen LogP contribution in [-0.2, 0) is 20.5 Å². The van der Waals surface area contributed by atoms with Gasteiger partial charge in [0.15, 0.2) is 0 Å². The summed E-state index contributed by atoms with van der Waals surface area (Å²) in [4.78, 5) is 44.8. The van der Waals surface area contributed by atoms with Crippen LogP contribution in [0.15, 0.2) is 92.8 Å². The molecular formula is C50H64Br2N4NiO2. The molecule has 59 heavy (non-hydrogen) atoms. The van der Waals surface area contributed by atoms with Crippen LogP contribution in [0.5, 0.6) is 0 Å². The number of carbonyl (C=O) groups excluding carboxylic acids is 2. The van der Waals surface area contributed by atoms with Crippen LogP contribution in [0.25, 0.3) is 0 Å². The van der Waals surface area contributed by atoms with Gasteiger partial charge >= 0.3 is 39.3 Å². The van der Waals surface area contributed by atoms with Gasteiger partial charge in [-0.3, -0.25) is 9.59 Å². The first kappa shape index (κ1) is 51.5. The minimum absolute atomic E-state index is 0.115. The van der Waals surface area contributed by atoms with E-state index in [2.05, 4.69) is 108 Å². The number of rotatable bonds is 12. The Hall–Kier alpha value is -3.65. The molecule has 4 aromatic rings. The van der Waals surface area contributed by atoms with Crippen LogP contribution in [0.4, 0.5) is 22.7 Å². The number of ketones is 2. The predicted octanol–water partition coefficient (Wildman–Crippen LogP) is 15.7. The molecule has 0 aliphatic heterocycles. The summed E-state index contributed by atoms with van der Waals surface area (Å²) in [7, 11) is 1.25. The van der Waals surface area contributed by atoms with Gasteiger partial charge in [0.25, 0.3) is 0 Å². The standard InChI is InChI=1S/2C25H32N2O.2BrH.Ni/c2*1-15(2)21-13-9-11-17(5)23(21)26-19(7)25(28)20(8)27-24-18(6)12-10-14-22(24)16(3)4;;;/h2*9-16H,1-8H3;2*1H;/q;;;;+2/p-2. The minimum atomic E-state index is -0.115. The van der Waals surface area contributed by atoms with E-state index in [-0.39, 0.29) is 11.6 Å². The number of benzene rings is 4. The van der Waals surface area contributed by atoms with Crippen molar-refractivity contribution < 1.29 is 20.5 Å². The summed E-state index contributed by atoms with van der Waals surface area (Å²) in [6.45, 7) is 32.4. The summed E-state index contributed by atoms with van der Waals surface area (Å²) in [5, 5.41) is 0. The topological polar surface area (TPSA) is 83.6 Å². The van der Waals surface area contributed by atoms with E-state index in [0.717, 1.165) is 67.3 Å². The van der Waals surface area contributed by atoms with Gasteiger partial charge in [0.05, 0.1) is 45.6 Å². The Bertz CT molecular complexity index is 1910. The second-order valence-corrected chi connectivity index (χ2v) is 21.1. The number of aryl methyl sites for hydroxylation is 4. The second kappa shape index (κ2) is 24.6. The van der Waals surface area contributed by atoms with Gasteiger partial charge in [0, 0.05) is 0 Å². The molecule has 6 nitrogen and oxygen atoms in total. The number of aliphatic imine (C=N–C) groups is 4. The van der Waals surface area contributed by atoms with Crippen molar-refractivity contribution in [2.24, 2.45) is 20.0 Å². The van der Waals surface area contributed by atoms with E-state index in [9.17, 15) is 9.59 Å². The molecule has 0 aromatic heterocycles. The molecule has 0 aliphatic carbocycles. The predicted molar refractivity (Wildman–Crippen MR) is 260 cm³/mol. The molecular weight excluding hydrogens is 907 g/mol. The third kappa shape index (κ3) is 14.8. The van der Waals surface area contributed by atoms with Crippen molar-refractivity contribution in [2.45, 2.75) is 134 Å². The molecule has 4 aromatic carbocycles. The Morgan fingerprint density at radius 3 is 0.729 bits per heavy atom. The van der Waals surface area contributed by atoms with Gasteiger partial charge < -0.3 is 0 Å². The molecule has 0 saturated carbocycles. The van der Waals surface area contributed by atoms with E-state index in [4.69, 9.17) is 20.0 Å². The monoisotopic (exact) mass is 968 g/mol. The first-order valence-electron chi connectivity index (χ1n) is 20.2. The normalized spacial score (nSPS) is 12.5. The van der Waals surface area contributed by atoms with E-state index < -0.39 is 0 Å². The molecule has 0 N–H and O–H groups in total. The van der Waals surface area contributed by atoms with Crippen LogP contribution in [0.3, 0.4) is 0 Å². The summed E-state index contributed by atoms with van der Waals surface area (Å²) in [5.74, 6) is 1.15. The summed E-state index contributed by atoms with van der Waals surface area (Å²) in [6, 6.07) is 24.6. The number of Topliss-reactive ketones (excluding diaryl/α,β-unsaturated/α-hetero) is 2. The molecule has 0 spiro atoms. The third-order valence-corrected chi connectivity index (χ3v) is 10.00. The SMILES string of the molecule is CC(=Nc1c(C)cccc1C(C)C)C(=O)C(C)=Nc1c(C)cccc1C(C)C.CC(=Nc1c(C)cccc1C(C)C)C(=O)C(C)=Nc1c(C)cccc1C(C)C.[Br][Ni][Br]. The van der Waals surface area contributed by atoms with Crippen LogP contribution < -0.4 is 0 Å². The fraction of sp³-hybridized carbons (Fsp3) is 0.400. The maximum atomic E-state index is 13.0. The van der Waals surface area contributed by atoms with Crippen LogP contribution in [0.1, 0.15) is 151 Å². The molecule has 9 heteroatoms. The second-order valence-electron chi connectivity index (χ2n) is 16.2. The van der Waals surface area contributed by atoms with Crippen molar-refractivity contribution >= 4 is 85.6 Å². The Morgan fingerprint density at radius 1 is 0.407 bits per heavy atom. The fourth-order valence-electron chi connectivity index (χ4n) is 6.60. The van der Waals surface area contributed by atoms with Crippen LogP contribution in [0.2, 0.25) is 0 Å². The molecule has 0 atom stereocenters. The van der Waals surface area contributed by atoms with Crippen molar-refractivity contribution in [3.05, 3.63) is 117 Å². The zero-order chi connectivity index (χ0) is 44.7. The maximum absolute atomic E-state index is 13.0. The number of nitrogens with zero attached hydrogens (tertiary/aromatic N) is 4. The van der Waals surface area contributed by atoms with Gasteiger partial charge in [-0.2, -0.15) is 0 Å². The van der Waals surface area contributed by atoms with Crippen molar-refractivity contribution in [3.63, 3.8) is 0 Å². The average Bonchev–Trinajstić information content (AvgIpc) is 3.17. The van der Waals surface area contributed by atoms with Crippen LogP contribution in [0, 0.1) is 27.7 Å². The first-order chi connectivity index (χ1) is 27.7. The number of hydrogen-bond donors (Lipinski definition) is 0. The summed E-state index contributed by atoms with van der Waals surface area (Å²) in [5.41, 5.74) is 14.4. The van der Waals surface area contributed by atoms with E-state index in [1.54, 1.807) is 27.7 Å². The van der Waals surface area contributed by atoms with Gasteiger partial charge in [-0.25, -0.2) is 20.0 Å². The first-order valence-corrected chi connectivity index (χ1v) is 25.1. The zero-order valence-electron chi connectivity index (χ0n) is 37.9. The summed E-state index contributed by atoms with van der Waals surface area (Å²) >= 11 is 6.00. The molecule has 0 amide bonds. The van der Waals surface area contributed by atoms with Crippen LogP contribution >= 0.6 is 28.5 Å². The van der Waals surface area contributed by atoms with Crippen molar-refractivity contribution in [1.29, 1.82) is 0 Å². The molecule has 0 heterocycles. The van der Waals surface area contributed by atoms with E-state index in [1.807, 2.05) is 76.2 Å². The van der Waals surface area contributed by atoms with Crippen LogP contribution in [-0.4, -0.2) is 34.4 Å². The fourth-order valence-corrected chi connectivity index (χ4v) is 6.60. The number of hydrogen-bond acceptors (Lipinski definition) is 6. The molecule has 0 unspecified atom stereocenters. The van der Waals surface area contributed by atoms with Gasteiger partial charge in [0.1, 0.15) is 0 Å². The summed E-state index contributed by atoms with van der Waals surface area (Å²) in [6.07, 6.45) is 0. The van der Waals surface area contributed by atoms with Crippen molar-refractivity contribution in [2.75, 3.05) is 0 Å². The van der Waals surface area contributed by atoms with E-state index in [0.29, 0.717) is 46.5 Å². The molecule has 320 valence electrons. The van der Waals surface area contributed by atoms with E-state index >= 15 is 0 Å². The molecule has 4 rings (SSSR count). The molecule has 0 fully saturated rings. The average molecular weight is 972 g/mol.